The van der Waals surface area contributed by atoms with Gasteiger partial charge in [-0.3, -0.25) is 9.59 Å². The molecule has 1 atom stereocenters. The molecule has 8 nitrogen and oxygen atoms in total. The molecule has 0 fully saturated rings. The predicted molar refractivity (Wildman–Crippen MR) is 156 cm³/mol. The standard InChI is InChI=1S/C26H20ClN5O3S.2ClH/c1-14(29)25(34)30-15-8-9-20(27)18(11-15)17-12-21(16-5-2-3-6-22(16)33)31-24(19(17)13-28)32-26(35)23-7-4-10-36-23;;/h2-12,14,33H,29H2,1H3,(H,30,34)(H,31,32,35);2*1H. The summed E-state index contributed by atoms with van der Waals surface area (Å²) >= 11 is 7.77. The minimum absolute atomic E-state index is 0. The molecule has 4 rings (SSSR count). The van der Waals surface area contributed by atoms with Crippen LogP contribution in [-0.2, 0) is 4.79 Å². The van der Waals surface area contributed by atoms with E-state index in [9.17, 15) is 20.0 Å². The van der Waals surface area contributed by atoms with Gasteiger partial charge in [-0.15, -0.1) is 36.2 Å². The minimum atomic E-state index is -0.730. The lowest BCUT2D eigenvalue weighted by Crippen LogP contribution is -2.32. The number of benzene rings is 2. The second-order valence-corrected chi connectivity index (χ2v) is 9.17. The fourth-order valence-corrected chi connectivity index (χ4v) is 4.27. The Labute approximate surface area is 240 Å². The molecular weight excluding hydrogens is 569 g/mol. The van der Waals surface area contributed by atoms with E-state index >= 15 is 0 Å². The molecule has 0 saturated carbocycles. The monoisotopic (exact) mass is 589 g/mol. The number of pyridine rings is 1. The van der Waals surface area contributed by atoms with Crippen LogP contribution >= 0.6 is 47.8 Å². The SMILES string of the molecule is CC(N)C(=O)Nc1ccc(Cl)c(-c2cc(-c3ccccc3O)nc(NC(=O)c3cccs3)c2C#N)c1.Cl.Cl. The van der Waals surface area contributed by atoms with E-state index in [-0.39, 0.29) is 41.9 Å². The molecule has 2 aromatic carbocycles. The van der Waals surface area contributed by atoms with Crippen LogP contribution < -0.4 is 16.4 Å². The largest absolute Gasteiger partial charge is 0.507 e. The van der Waals surface area contributed by atoms with Crippen LogP contribution in [0, 0.1) is 11.3 Å². The zero-order chi connectivity index (χ0) is 25.8. The first-order valence-electron chi connectivity index (χ1n) is 10.7. The van der Waals surface area contributed by atoms with Crippen LogP contribution in [0.3, 0.4) is 0 Å². The third-order valence-corrected chi connectivity index (χ3v) is 6.42. The number of carbonyl (C=O) groups is 2. The molecule has 0 aliphatic rings. The summed E-state index contributed by atoms with van der Waals surface area (Å²) in [6.45, 7) is 1.56. The van der Waals surface area contributed by atoms with E-state index in [0.717, 1.165) is 0 Å². The zero-order valence-corrected chi connectivity index (χ0v) is 23.0. The first-order chi connectivity index (χ1) is 17.3. The van der Waals surface area contributed by atoms with Crippen LogP contribution in [0.15, 0.2) is 66.0 Å². The highest BCUT2D eigenvalue weighted by atomic mass is 35.5. The van der Waals surface area contributed by atoms with Crippen molar-refractivity contribution in [1.82, 2.24) is 4.98 Å². The van der Waals surface area contributed by atoms with E-state index in [1.807, 2.05) is 0 Å². The molecule has 38 heavy (non-hydrogen) atoms. The number of thiophene rings is 1. The van der Waals surface area contributed by atoms with Gasteiger partial charge in [0.15, 0.2) is 5.82 Å². The first kappa shape index (κ1) is 30.6. The van der Waals surface area contributed by atoms with Crippen molar-refractivity contribution >= 4 is 71.1 Å². The Morgan fingerprint density at radius 1 is 1.05 bits per heavy atom. The number of para-hydroxylation sites is 1. The van der Waals surface area contributed by atoms with Crippen LogP contribution in [0.2, 0.25) is 5.02 Å². The van der Waals surface area contributed by atoms with Crippen LogP contribution in [0.5, 0.6) is 5.75 Å². The molecule has 12 heteroatoms. The van der Waals surface area contributed by atoms with E-state index in [4.69, 9.17) is 17.3 Å². The van der Waals surface area contributed by atoms with Gasteiger partial charge in [-0.1, -0.05) is 29.8 Å². The number of nitrogens with two attached hydrogens (primary N) is 1. The number of hydrogen-bond acceptors (Lipinski definition) is 7. The number of amides is 2. The summed E-state index contributed by atoms with van der Waals surface area (Å²) in [5, 5.41) is 28.0. The molecule has 0 radical (unpaired) electrons. The molecular formula is C26H22Cl3N5O3S. The highest BCUT2D eigenvalue weighted by Gasteiger charge is 2.21. The number of anilines is 2. The van der Waals surface area contributed by atoms with Crippen LogP contribution in [0.4, 0.5) is 11.5 Å². The number of aromatic nitrogens is 1. The van der Waals surface area contributed by atoms with Gasteiger partial charge in [-0.05, 0) is 54.8 Å². The van der Waals surface area contributed by atoms with Crippen molar-refractivity contribution in [2.45, 2.75) is 13.0 Å². The van der Waals surface area contributed by atoms with E-state index in [0.29, 0.717) is 38.0 Å². The maximum absolute atomic E-state index is 12.8. The van der Waals surface area contributed by atoms with E-state index < -0.39 is 17.9 Å². The number of phenolic OH excluding ortho intramolecular Hbond substituents is 1. The Hall–Kier alpha value is -3.65. The lowest BCUT2D eigenvalue weighted by Gasteiger charge is -2.16. The predicted octanol–water partition coefficient (Wildman–Crippen LogP) is 6.09. The Morgan fingerprint density at radius 2 is 1.79 bits per heavy atom. The number of rotatable bonds is 6. The normalized spacial score (nSPS) is 10.8. The zero-order valence-electron chi connectivity index (χ0n) is 19.8. The quantitative estimate of drug-likeness (QED) is 0.214. The molecule has 0 aliphatic carbocycles. The molecule has 2 amide bonds. The second kappa shape index (κ2) is 13.2. The van der Waals surface area contributed by atoms with Crippen molar-refractivity contribution in [1.29, 1.82) is 5.26 Å². The summed E-state index contributed by atoms with van der Waals surface area (Å²) < 4.78 is 0. The number of aromatic hydroxyl groups is 1. The van der Waals surface area contributed by atoms with Crippen molar-refractivity contribution in [3.8, 4) is 34.2 Å². The maximum Gasteiger partial charge on any atom is 0.266 e. The molecule has 2 heterocycles. The minimum Gasteiger partial charge on any atom is -0.507 e. The summed E-state index contributed by atoms with van der Waals surface area (Å²) in [5.41, 5.74) is 7.63. The van der Waals surface area contributed by atoms with Crippen LogP contribution in [0.1, 0.15) is 22.2 Å². The number of hydrogen-bond donors (Lipinski definition) is 4. The fraction of sp³-hybridized carbons (Fsp3) is 0.0769. The van der Waals surface area contributed by atoms with Crippen LogP contribution in [-0.4, -0.2) is 27.9 Å². The third kappa shape index (κ3) is 6.61. The maximum atomic E-state index is 12.8. The number of nitriles is 1. The van der Waals surface area contributed by atoms with E-state index in [2.05, 4.69) is 21.7 Å². The number of nitrogens with zero attached hydrogens (tertiary/aromatic N) is 2. The first-order valence-corrected chi connectivity index (χ1v) is 12.0. The Balaban J connectivity index is 0.00000253. The van der Waals surface area contributed by atoms with Gasteiger partial charge >= 0.3 is 0 Å². The topological polar surface area (TPSA) is 141 Å². The lowest BCUT2D eigenvalue weighted by molar-refractivity contribution is -0.117. The molecule has 5 N–H and O–H groups in total. The number of halogens is 3. The fourth-order valence-electron chi connectivity index (χ4n) is 3.43. The summed E-state index contributed by atoms with van der Waals surface area (Å²) in [6.07, 6.45) is 0. The van der Waals surface area contributed by atoms with Gasteiger partial charge in [0, 0.05) is 27.4 Å². The summed E-state index contributed by atoms with van der Waals surface area (Å²) in [4.78, 5) is 29.9. The smallest absolute Gasteiger partial charge is 0.266 e. The van der Waals surface area contributed by atoms with Crippen LogP contribution in [0.25, 0.3) is 22.4 Å². The van der Waals surface area contributed by atoms with Crippen molar-refractivity contribution in [2.75, 3.05) is 10.6 Å². The lowest BCUT2D eigenvalue weighted by atomic mass is 9.97. The molecule has 4 aromatic rings. The molecule has 0 spiro atoms. The Bertz CT molecular complexity index is 1500. The van der Waals surface area contributed by atoms with E-state index in [1.54, 1.807) is 66.9 Å². The average molecular weight is 591 g/mol. The molecule has 0 saturated heterocycles. The highest BCUT2D eigenvalue weighted by Crippen LogP contribution is 2.39. The van der Waals surface area contributed by atoms with Crippen molar-refractivity contribution in [3.05, 3.63) is 81.5 Å². The third-order valence-electron chi connectivity index (χ3n) is 5.23. The highest BCUT2D eigenvalue weighted by molar-refractivity contribution is 7.12. The Morgan fingerprint density at radius 3 is 2.42 bits per heavy atom. The number of carbonyl (C=O) groups excluding carboxylic acids is 2. The van der Waals surface area contributed by atoms with E-state index in [1.165, 1.54) is 17.4 Å². The summed E-state index contributed by atoms with van der Waals surface area (Å²) in [6, 6.07) is 17.8. The van der Waals surface area contributed by atoms with Gasteiger partial charge in [0.2, 0.25) is 5.91 Å². The average Bonchev–Trinajstić information content (AvgIpc) is 3.40. The van der Waals surface area contributed by atoms with Gasteiger partial charge in [-0.2, -0.15) is 5.26 Å². The summed E-state index contributed by atoms with van der Waals surface area (Å²) in [7, 11) is 0. The van der Waals surface area contributed by atoms with Gasteiger partial charge in [0.1, 0.15) is 17.4 Å². The van der Waals surface area contributed by atoms with Gasteiger partial charge in [-0.25, -0.2) is 4.98 Å². The number of nitrogens with one attached hydrogen (secondary N) is 2. The van der Waals surface area contributed by atoms with Crippen molar-refractivity contribution in [2.24, 2.45) is 5.73 Å². The number of phenols is 1. The molecule has 1 unspecified atom stereocenters. The molecule has 196 valence electrons. The van der Waals surface area contributed by atoms with Crippen molar-refractivity contribution in [3.63, 3.8) is 0 Å². The van der Waals surface area contributed by atoms with Crippen molar-refractivity contribution < 1.29 is 14.7 Å². The second-order valence-electron chi connectivity index (χ2n) is 7.81. The molecule has 0 bridgehead atoms. The summed E-state index contributed by atoms with van der Waals surface area (Å²) in [5.74, 6) is -0.844. The van der Waals surface area contributed by atoms with Gasteiger partial charge in [0.25, 0.3) is 5.91 Å². The Kier molecular flexibility index (Phi) is 10.6. The molecule has 2 aromatic heterocycles. The molecule has 0 aliphatic heterocycles. The van der Waals surface area contributed by atoms with Gasteiger partial charge in [0.05, 0.1) is 16.6 Å². The van der Waals surface area contributed by atoms with Gasteiger partial charge < -0.3 is 21.5 Å².